The van der Waals surface area contributed by atoms with Gasteiger partial charge in [0.2, 0.25) is 17.7 Å². The van der Waals surface area contributed by atoms with Crippen molar-refractivity contribution in [3.63, 3.8) is 0 Å². The first kappa shape index (κ1) is 104. The molecule has 9 fully saturated rings. The van der Waals surface area contributed by atoms with Crippen molar-refractivity contribution >= 4 is 29.5 Å². The lowest BCUT2D eigenvalue weighted by atomic mass is 9.80. The third kappa shape index (κ3) is 25.7. The average molecular weight is 1810 g/mol. The number of aliphatic hydroxyl groups excluding tert-OH is 25. The molecular weight excluding hydrogens is 1680 g/mol. The summed E-state index contributed by atoms with van der Waals surface area (Å²) in [4.78, 5) is 41.0. The lowest BCUT2D eigenvalue weighted by molar-refractivity contribution is -0.870. The Morgan fingerprint density at radius 2 is 0.789 bits per heavy atom. The molecule has 27 N–H and O–H groups in total. The SMILES string of the molecule is CCC(CC(C)(C)C(=O)NCCC[N+](C)(C)C)C(=O)NCCSCCCN(C(C)=O)[C@@H]1O[C@@H](CO)[C@@H](O[C@@H]2OC(CO[C@H]3OC[C@@H](O)[C@H](O)C3O[C@@H]3OC(CO)[C@H](O)[C@H](O)C3O)[C@@H](O[C@@H]3O[C@@H](CO[C@H]4OC[C@@H](O)[C@H](O)C4O[C@@H]4OC(CO)[C@H](O)[C@H](O)C4O)[C@@H](O[C@@H]4OC(CO[C@H]5OC[C@@H](O)[C@H](O)C5O)[C@@H](O)[C@H](O)C4O)C(O)C3O)[C@H](O)C2O)C(O)C1O. The molecule has 0 aromatic carbocycles. The van der Waals surface area contributed by atoms with Crippen molar-refractivity contribution in [2.24, 2.45) is 11.3 Å². The number of quaternary nitrogens is 1. The number of carbonyl (C=O) groups excluding carboxylic acids is 3. The molecule has 16 unspecified atom stereocenters. The van der Waals surface area contributed by atoms with E-state index in [1.54, 1.807) is 13.8 Å². The maximum Gasteiger partial charge on any atom is 0.225 e. The number of rotatable bonds is 39. The zero-order valence-electron chi connectivity index (χ0n) is 68.9. The van der Waals surface area contributed by atoms with Gasteiger partial charge in [0, 0.05) is 50.1 Å². The van der Waals surface area contributed by atoms with Crippen LogP contribution in [0.5, 0.6) is 0 Å². The van der Waals surface area contributed by atoms with Crippen LogP contribution in [0.3, 0.4) is 0 Å². The minimum atomic E-state index is -2.52. The van der Waals surface area contributed by atoms with Crippen molar-refractivity contribution in [2.75, 3.05) is 118 Å². The van der Waals surface area contributed by atoms with Crippen LogP contribution in [0.15, 0.2) is 0 Å². The van der Waals surface area contributed by atoms with E-state index in [9.17, 15) is 142 Å². The van der Waals surface area contributed by atoms with Crippen LogP contribution in [0.1, 0.15) is 53.4 Å². The summed E-state index contributed by atoms with van der Waals surface area (Å²) < 4.78 is 100. The van der Waals surface area contributed by atoms with Gasteiger partial charge in [-0.05, 0) is 25.0 Å². The molecule has 0 bridgehead atoms. The second-order valence-electron chi connectivity index (χ2n) is 33.7. The number of carbonyl (C=O) groups is 3. The summed E-state index contributed by atoms with van der Waals surface area (Å²) in [5.41, 5.74) is -0.833. The van der Waals surface area contributed by atoms with Crippen LogP contribution < -0.4 is 10.6 Å². The molecule has 0 aromatic rings. The van der Waals surface area contributed by atoms with Gasteiger partial charge in [0.1, 0.15) is 201 Å². The Bertz CT molecular complexity index is 3190. The van der Waals surface area contributed by atoms with E-state index in [-0.39, 0.29) is 31.3 Å². The van der Waals surface area contributed by atoms with Crippen molar-refractivity contribution < 1.29 is 227 Å². The topological polar surface area (TPSA) is 741 Å². The number of thioether (sulfide) groups is 1. The molecule has 9 rings (SSSR count). The lowest BCUT2D eigenvalue weighted by Gasteiger charge is -2.50. The van der Waals surface area contributed by atoms with Gasteiger partial charge in [0.05, 0.1) is 87.1 Å². The van der Waals surface area contributed by atoms with Gasteiger partial charge in [-0.25, -0.2) is 0 Å². The molecule has 0 spiro atoms. The van der Waals surface area contributed by atoms with E-state index >= 15 is 0 Å². The highest BCUT2D eigenvalue weighted by Crippen LogP contribution is 2.39. The third-order valence-electron chi connectivity index (χ3n) is 23.0. The van der Waals surface area contributed by atoms with Gasteiger partial charge in [-0.15, -0.1) is 0 Å². The summed E-state index contributed by atoms with van der Waals surface area (Å²) in [5, 5.41) is 283. The number of hydrogen-bond donors (Lipinski definition) is 27. The van der Waals surface area contributed by atoms with E-state index in [1.165, 1.54) is 11.8 Å². The highest BCUT2D eigenvalue weighted by atomic mass is 32.2. The number of ether oxygens (including phenoxy) is 17. The number of aliphatic hydroxyl groups is 25. The Balaban J connectivity index is 0.943. The smallest absolute Gasteiger partial charge is 0.225 e. The first-order valence-electron chi connectivity index (χ1n) is 40.9. The van der Waals surface area contributed by atoms with Gasteiger partial charge in [-0.2, -0.15) is 11.8 Å². The number of amides is 3. The first-order chi connectivity index (χ1) is 58.0. The van der Waals surface area contributed by atoms with Crippen molar-refractivity contribution in [3.05, 3.63) is 0 Å². The van der Waals surface area contributed by atoms with Gasteiger partial charge in [0.15, 0.2) is 56.5 Å². The maximum atomic E-state index is 13.4. The lowest BCUT2D eigenvalue weighted by Crippen LogP contribution is -2.68. The zero-order valence-corrected chi connectivity index (χ0v) is 69.7. The number of hydrogen-bond acceptors (Lipinski definition) is 46. The fourth-order valence-electron chi connectivity index (χ4n) is 15.5. The van der Waals surface area contributed by atoms with E-state index in [1.807, 2.05) is 6.92 Å². The van der Waals surface area contributed by atoms with Gasteiger partial charge >= 0.3 is 0 Å². The van der Waals surface area contributed by atoms with Crippen molar-refractivity contribution in [3.8, 4) is 0 Å². The largest absolute Gasteiger partial charge is 0.394 e. The molecule has 9 saturated heterocycles. The molecule has 0 aliphatic carbocycles. The summed E-state index contributed by atoms with van der Waals surface area (Å²) in [6.07, 6.45) is -83.7. The molecule has 0 radical (unpaired) electrons. The van der Waals surface area contributed by atoms with E-state index in [4.69, 9.17) is 80.5 Å². The van der Waals surface area contributed by atoms with Crippen LogP contribution in [-0.4, -0.2) is 531 Å². The molecule has 0 saturated carbocycles. The van der Waals surface area contributed by atoms with Gasteiger partial charge < -0.3 is 228 Å². The van der Waals surface area contributed by atoms with E-state index in [0.29, 0.717) is 30.9 Å². The van der Waals surface area contributed by atoms with Gasteiger partial charge in [0.25, 0.3) is 0 Å². The second kappa shape index (κ2) is 46.4. The molecule has 50 heteroatoms. The maximum absolute atomic E-state index is 13.4. The van der Waals surface area contributed by atoms with Crippen LogP contribution in [0, 0.1) is 11.3 Å². The Kier molecular flexibility index (Phi) is 39.2. The Hall–Kier alpha value is -2.96. The monoisotopic (exact) mass is 1810 g/mol. The molecule has 49 nitrogen and oxygen atoms in total. The van der Waals surface area contributed by atoms with Crippen molar-refractivity contribution in [1.29, 1.82) is 0 Å². The Morgan fingerprint density at radius 1 is 0.415 bits per heavy atom. The van der Waals surface area contributed by atoms with E-state index < -0.39 is 335 Å². The number of nitrogens with one attached hydrogen (secondary N) is 2. The van der Waals surface area contributed by atoms with Crippen LogP contribution in [0.4, 0.5) is 0 Å². The van der Waals surface area contributed by atoms with E-state index in [0.717, 1.165) is 29.3 Å². The van der Waals surface area contributed by atoms with Crippen molar-refractivity contribution in [1.82, 2.24) is 15.5 Å². The Morgan fingerprint density at radius 3 is 1.23 bits per heavy atom. The predicted molar refractivity (Wildman–Crippen MR) is 402 cm³/mol. The van der Waals surface area contributed by atoms with Crippen LogP contribution in [0.25, 0.3) is 0 Å². The summed E-state index contributed by atoms with van der Waals surface area (Å²) in [6, 6.07) is 0. The molecule has 9 aliphatic rings. The average Bonchev–Trinajstić information content (AvgIpc) is 0.772. The first-order valence-corrected chi connectivity index (χ1v) is 42.1. The molecule has 43 atom stereocenters. The molecule has 3 amide bonds. The normalized spacial score (nSPS) is 44.4. The minimum Gasteiger partial charge on any atom is -0.394 e. The van der Waals surface area contributed by atoms with E-state index in [2.05, 4.69) is 31.8 Å². The quantitative estimate of drug-likeness (QED) is 0.0201. The summed E-state index contributed by atoms with van der Waals surface area (Å²) in [7, 11) is 6.17. The molecule has 716 valence electrons. The fraction of sp³-hybridized carbons (Fsp3) is 0.959. The zero-order chi connectivity index (χ0) is 90.7. The molecule has 0 aromatic heterocycles. The minimum absolute atomic E-state index is 0.104. The van der Waals surface area contributed by atoms with Crippen LogP contribution in [-0.2, 0) is 94.9 Å². The predicted octanol–water partition coefficient (Wildman–Crippen LogP) is -16.0. The van der Waals surface area contributed by atoms with Gasteiger partial charge in [-0.1, -0.05) is 20.8 Å². The van der Waals surface area contributed by atoms with Gasteiger partial charge in [-0.3, -0.25) is 14.4 Å². The van der Waals surface area contributed by atoms with Crippen LogP contribution in [0.2, 0.25) is 0 Å². The molecule has 123 heavy (non-hydrogen) atoms. The van der Waals surface area contributed by atoms with Crippen molar-refractivity contribution in [2.45, 2.75) is 311 Å². The summed E-state index contributed by atoms with van der Waals surface area (Å²) in [6.45, 7) is 0.0441. The highest BCUT2D eigenvalue weighted by molar-refractivity contribution is 7.99. The van der Waals surface area contributed by atoms with Crippen LogP contribution >= 0.6 is 11.8 Å². The Labute approximate surface area is 710 Å². The molecule has 9 heterocycles. The second-order valence-corrected chi connectivity index (χ2v) is 35.0. The number of nitrogens with zero attached hydrogens (tertiary/aromatic N) is 2. The summed E-state index contributed by atoms with van der Waals surface area (Å²) >= 11 is 1.41. The molecular formula is C73H129N4O45S+. The highest BCUT2D eigenvalue weighted by Gasteiger charge is 2.59. The third-order valence-corrected chi connectivity index (χ3v) is 24.1. The molecule has 9 aliphatic heterocycles. The fourth-order valence-corrected chi connectivity index (χ4v) is 16.2. The summed E-state index contributed by atoms with van der Waals surface area (Å²) in [5.74, 6) is -0.690. The standard InChI is InChI=1S/C73H128N4O45S/c1-8-28(17-73(3,4)72(105)75-11-9-14-77(5,6)7)62(104)74-12-16-123-15-10-13-76(27(2)81)63-50(97)47(94)57(34(20-80)112-63)118-68-55(102)48(95)59(37(116-68)26-111-71-61(40(87)31(84)23-108-71)122-66-53(100)45(92)42(89)33(19-79)114-66)120-69-56(103)49(96)58(119-67-54(101)46(93)43(90)35(115-67)24-109-64-51(98)38(85)29(82)21-106-64)36(117-69)25-110-70-60(39(86)30(83)22-107-70)121-65-52(99)44(91)41(88)32(18-78)113-65/h28-61,63-71,78-80,82-103H,8-26H2,1-7H3,(H-,74,75,104,105)/p+1/t28?,29-,30-,31-,32?,33?,34+,35?,36+,37?,38+,39+,40+,41+,42+,43-,44+,45+,46+,47?,48-,49?,50?,51?,52?,53?,54?,55?,56?,57-,58-,59-,60?,61?,63-,64-,65+,66+,67+,68+,69+,70-,71-/m1/s1.